The molecule has 3 N–H and O–H groups in total. The van der Waals surface area contributed by atoms with Gasteiger partial charge in [-0.05, 0) is 46.8 Å². The van der Waals surface area contributed by atoms with Crippen LogP contribution >= 0.6 is 24.0 Å². The fourth-order valence-electron chi connectivity index (χ4n) is 2.79. The molecule has 0 radical (unpaired) electrons. The number of ether oxygens (including phenoxy) is 1. The average Bonchev–Trinajstić information content (AvgIpc) is 3.06. The van der Waals surface area contributed by atoms with E-state index in [1.165, 1.54) is 0 Å². The minimum absolute atomic E-state index is 0. The van der Waals surface area contributed by atoms with Gasteiger partial charge in [-0.2, -0.15) is 0 Å². The molecular weight excluding hydrogens is 471 g/mol. The molecule has 7 nitrogen and oxygen atoms in total. The van der Waals surface area contributed by atoms with Crippen LogP contribution in [0.25, 0.3) is 0 Å². The van der Waals surface area contributed by atoms with Crippen LogP contribution in [0.5, 0.6) is 5.75 Å². The van der Waals surface area contributed by atoms with Crippen molar-refractivity contribution in [1.29, 1.82) is 0 Å². The number of furan rings is 1. The summed E-state index contributed by atoms with van der Waals surface area (Å²) in [6.45, 7) is 10.9. The third kappa shape index (κ3) is 6.10. The van der Waals surface area contributed by atoms with E-state index >= 15 is 0 Å². The molecule has 0 saturated heterocycles. The molecule has 8 heteroatoms. The molecule has 1 unspecified atom stereocenters. The van der Waals surface area contributed by atoms with Crippen LogP contribution in [0.15, 0.2) is 27.7 Å². The Bertz CT molecular complexity index is 803. The summed E-state index contributed by atoms with van der Waals surface area (Å²) in [5.41, 5.74) is 1.68. The van der Waals surface area contributed by atoms with Gasteiger partial charge in [-0.3, -0.25) is 4.98 Å². The van der Waals surface area contributed by atoms with Crippen molar-refractivity contribution >= 4 is 29.9 Å². The normalized spacial score (nSPS) is 13.5. The minimum Gasteiger partial charge on any atom is -0.496 e. The Labute approximate surface area is 184 Å². The van der Waals surface area contributed by atoms with Crippen molar-refractivity contribution in [1.82, 2.24) is 15.6 Å². The highest BCUT2D eigenvalue weighted by atomic mass is 127. The van der Waals surface area contributed by atoms with Crippen LogP contribution in [0, 0.1) is 20.8 Å². The first kappa shape index (κ1) is 24.2. The molecule has 0 aliphatic carbocycles. The Balaban J connectivity index is 0.00000392. The van der Waals surface area contributed by atoms with E-state index in [4.69, 9.17) is 9.15 Å². The van der Waals surface area contributed by atoms with E-state index in [2.05, 4.69) is 20.6 Å². The van der Waals surface area contributed by atoms with Gasteiger partial charge >= 0.3 is 0 Å². The molecule has 0 aromatic carbocycles. The summed E-state index contributed by atoms with van der Waals surface area (Å²) in [6, 6.07) is 3.62. The van der Waals surface area contributed by atoms with E-state index in [-0.39, 0.29) is 30.5 Å². The highest BCUT2D eigenvalue weighted by molar-refractivity contribution is 14.0. The molecular formula is C20H31IN4O3. The number of guanidine groups is 1. The first-order valence-electron chi connectivity index (χ1n) is 9.09. The molecule has 0 aliphatic heterocycles. The second-order valence-electron chi connectivity index (χ2n) is 6.78. The van der Waals surface area contributed by atoms with Gasteiger partial charge < -0.3 is 24.9 Å². The van der Waals surface area contributed by atoms with E-state index < -0.39 is 5.60 Å². The number of aromatic nitrogens is 1. The van der Waals surface area contributed by atoms with Crippen LogP contribution in [0.3, 0.4) is 0 Å². The van der Waals surface area contributed by atoms with Gasteiger partial charge in [0.1, 0.15) is 22.9 Å². The van der Waals surface area contributed by atoms with Gasteiger partial charge in [0, 0.05) is 23.9 Å². The molecule has 2 heterocycles. The zero-order valence-corrected chi connectivity index (χ0v) is 19.8. The molecule has 2 rings (SSSR count). The van der Waals surface area contributed by atoms with E-state index in [9.17, 15) is 5.11 Å². The molecule has 2 aromatic rings. The molecule has 1 atom stereocenters. The van der Waals surface area contributed by atoms with Gasteiger partial charge in [-0.25, -0.2) is 4.99 Å². The molecule has 0 bridgehead atoms. The molecule has 0 aliphatic rings. The number of aryl methyl sites for hydroxylation is 2. The van der Waals surface area contributed by atoms with Gasteiger partial charge in [-0.1, -0.05) is 0 Å². The van der Waals surface area contributed by atoms with Crippen molar-refractivity contribution in [3.8, 4) is 5.75 Å². The van der Waals surface area contributed by atoms with Crippen LogP contribution in [-0.4, -0.2) is 36.2 Å². The van der Waals surface area contributed by atoms with Crippen molar-refractivity contribution in [2.75, 3.05) is 20.2 Å². The Kier molecular flexibility index (Phi) is 9.22. The van der Waals surface area contributed by atoms with Crippen molar-refractivity contribution in [3.05, 3.63) is 46.7 Å². The SMILES string of the molecule is CCNC(=NCc1ncc(C)c(OC)c1C)NCC(C)(O)c1ccc(C)o1.I. The Hall–Kier alpha value is -1.81. The van der Waals surface area contributed by atoms with Crippen molar-refractivity contribution in [2.24, 2.45) is 4.99 Å². The number of nitrogens with zero attached hydrogens (tertiary/aromatic N) is 2. The maximum atomic E-state index is 10.7. The highest BCUT2D eigenvalue weighted by Crippen LogP contribution is 2.24. The van der Waals surface area contributed by atoms with E-state index in [1.807, 2.05) is 33.8 Å². The van der Waals surface area contributed by atoms with E-state index in [0.717, 1.165) is 28.3 Å². The van der Waals surface area contributed by atoms with E-state index in [0.29, 0.717) is 24.8 Å². The third-order valence-electron chi connectivity index (χ3n) is 4.35. The number of methoxy groups -OCH3 is 1. The van der Waals surface area contributed by atoms with Gasteiger partial charge in [0.2, 0.25) is 0 Å². The summed E-state index contributed by atoms with van der Waals surface area (Å²) in [5, 5.41) is 17.0. The number of nitrogens with one attached hydrogen (secondary N) is 2. The molecule has 0 saturated carbocycles. The van der Waals surface area contributed by atoms with Gasteiger partial charge in [0.15, 0.2) is 5.96 Å². The number of pyridine rings is 1. The largest absolute Gasteiger partial charge is 0.496 e. The fraction of sp³-hybridized carbons (Fsp3) is 0.500. The number of hydrogen-bond acceptors (Lipinski definition) is 5. The van der Waals surface area contributed by atoms with Gasteiger partial charge in [0.05, 0.1) is 25.9 Å². The van der Waals surface area contributed by atoms with Crippen LogP contribution < -0.4 is 15.4 Å². The fourth-order valence-corrected chi connectivity index (χ4v) is 2.79. The van der Waals surface area contributed by atoms with Crippen LogP contribution in [0.2, 0.25) is 0 Å². The summed E-state index contributed by atoms with van der Waals surface area (Å²) in [5.74, 6) is 2.72. The highest BCUT2D eigenvalue weighted by Gasteiger charge is 2.27. The molecule has 156 valence electrons. The van der Waals surface area contributed by atoms with Crippen molar-refractivity contribution in [3.63, 3.8) is 0 Å². The van der Waals surface area contributed by atoms with Crippen LogP contribution in [0.1, 0.15) is 42.2 Å². The Morgan fingerprint density at radius 2 is 2.00 bits per heavy atom. The molecule has 0 spiro atoms. The second-order valence-corrected chi connectivity index (χ2v) is 6.78. The average molecular weight is 502 g/mol. The van der Waals surface area contributed by atoms with Crippen LogP contribution in [0.4, 0.5) is 0 Å². The van der Waals surface area contributed by atoms with Crippen molar-refractivity contribution in [2.45, 2.75) is 46.8 Å². The Morgan fingerprint density at radius 1 is 1.29 bits per heavy atom. The van der Waals surface area contributed by atoms with Crippen molar-refractivity contribution < 1.29 is 14.3 Å². The lowest BCUT2D eigenvalue weighted by Crippen LogP contribution is -2.44. The summed E-state index contributed by atoms with van der Waals surface area (Å²) in [4.78, 5) is 9.06. The van der Waals surface area contributed by atoms with Gasteiger partial charge in [-0.15, -0.1) is 24.0 Å². The summed E-state index contributed by atoms with van der Waals surface area (Å²) in [6.07, 6.45) is 1.79. The first-order valence-corrected chi connectivity index (χ1v) is 9.09. The third-order valence-corrected chi connectivity index (χ3v) is 4.35. The predicted octanol–water partition coefficient (Wildman–Crippen LogP) is 3.19. The lowest BCUT2D eigenvalue weighted by Gasteiger charge is -2.23. The minimum atomic E-state index is -1.15. The first-order chi connectivity index (χ1) is 12.8. The summed E-state index contributed by atoms with van der Waals surface area (Å²) < 4.78 is 11.0. The maximum absolute atomic E-state index is 10.7. The zero-order valence-electron chi connectivity index (χ0n) is 17.4. The lowest BCUT2D eigenvalue weighted by molar-refractivity contribution is 0.0378. The number of aliphatic hydroxyl groups is 1. The lowest BCUT2D eigenvalue weighted by atomic mass is 10.0. The second kappa shape index (κ2) is 10.7. The number of rotatable bonds is 7. The number of aliphatic imine (C=N–C) groups is 1. The molecule has 28 heavy (non-hydrogen) atoms. The standard InChI is InChI=1S/C20H30N4O3.HI/c1-7-21-19(24-12-20(5,25)17-9-8-14(3)27-17)23-11-16-15(4)18(26-6)13(2)10-22-16;/h8-10,25H,7,11-12H2,1-6H3,(H2,21,23,24);1H. The quantitative estimate of drug-likeness (QED) is 0.306. The van der Waals surface area contributed by atoms with E-state index in [1.54, 1.807) is 26.3 Å². The zero-order chi connectivity index (χ0) is 20.0. The maximum Gasteiger partial charge on any atom is 0.191 e. The predicted molar refractivity (Wildman–Crippen MR) is 122 cm³/mol. The number of halogens is 1. The smallest absolute Gasteiger partial charge is 0.191 e. The van der Waals surface area contributed by atoms with Gasteiger partial charge in [0.25, 0.3) is 0 Å². The molecule has 2 aromatic heterocycles. The summed E-state index contributed by atoms with van der Waals surface area (Å²) >= 11 is 0. The topological polar surface area (TPSA) is 91.9 Å². The molecule has 0 fully saturated rings. The Morgan fingerprint density at radius 3 is 2.57 bits per heavy atom. The molecule has 0 amide bonds. The monoisotopic (exact) mass is 502 g/mol. The number of hydrogen-bond donors (Lipinski definition) is 3. The van der Waals surface area contributed by atoms with Crippen LogP contribution in [-0.2, 0) is 12.1 Å². The summed E-state index contributed by atoms with van der Waals surface area (Å²) in [7, 11) is 1.66.